The Kier molecular flexibility index (Phi) is 6.22. The molecule has 1 aromatic heterocycles. The Bertz CT molecular complexity index is 1190. The van der Waals surface area contributed by atoms with E-state index in [0.717, 1.165) is 12.0 Å². The fraction of sp³-hybridized carbons (Fsp3) is 0.400. The minimum absolute atomic E-state index is 0.127. The monoisotopic (exact) mass is 466 g/mol. The summed E-state index contributed by atoms with van der Waals surface area (Å²) in [5, 5.41) is 8.48. The van der Waals surface area contributed by atoms with Gasteiger partial charge in [0.1, 0.15) is 17.6 Å². The van der Waals surface area contributed by atoms with Crippen LogP contribution in [0.4, 0.5) is 0 Å². The van der Waals surface area contributed by atoms with Gasteiger partial charge in [-0.15, -0.1) is 5.10 Å². The molecule has 9 nitrogen and oxygen atoms in total. The third-order valence-corrected chi connectivity index (χ3v) is 7.27. The highest BCUT2D eigenvalue weighted by Gasteiger charge is 2.23. The Morgan fingerprint density at radius 1 is 1.16 bits per heavy atom. The first kappa shape index (κ1) is 21.7. The molecule has 0 radical (unpaired) electrons. The number of ether oxygens (including phenoxy) is 2. The van der Waals surface area contributed by atoms with Gasteiger partial charge in [-0.2, -0.15) is 4.31 Å². The normalized spacial score (nSPS) is 14.1. The van der Waals surface area contributed by atoms with Crippen LogP contribution in [0.25, 0.3) is 11.0 Å². The largest absolute Gasteiger partial charge is 0.489 e. The number of hydrogen-bond acceptors (Lipinski definition) is 7. The lowest BCUT2D eigenvalue weighted by molar-refractivity contribution is 0.0749. The summed E-state index contributed by atoms with van der Waals surface area (Å²) in [5.41, 5.74) is 1.73. The van der Waals surface area contributed by atoms with Gasteiger partial charge in [0.05, 0.1) is 23.1 Å². The third kappa shape index (κ3) is 4.28. The predicted molar refractivity (Wildman–Crippen MR) is 115 cm³/mol. The molecule has 1 aliphatic heterocycles. The second-order valence-electron chi connectivity index (χ2n) is 6.93. The first-order valence-corrected chi connectivity index (χ1v) is 11.8. The van der Waals surface area contributed by atoms with Crippen molar-refractivity contribution in [2.24, 2.45) is 0 Å². The molecule has 1 aliphatic rings. The second-order valence-corrected chi connectivity index (χ2v) is 9.28. The van der Waals surface area contributed by atoms with Crippen LogP contribution in [0.1, 0.15) is 25.8 Å². The van der Waals surface area contributed by atoms with Gasteiger partial charge in [0.25, 0.3) is 0 Å². The molecular formula is C20H23ClN4O5S. The van der Waals surface area contributed by atoms with Crippen LogP contribution >= 0.6 is 11.6 Å². The zero-order valence-corrected chi connectivity index (χ0v) is 18.8. The molecule has 0 saturated heterocycles. The van der Waals surface area contributed by atoms with Gasteiger partial charge in [0.15, 0.2) is 11.5 Å². The van der Waals surface area contributed by atoms with Gasteiger partial charge in [-0.1, -0.05) is 30.3 Å². The van der Waals surface area contributed by atoms with Crippen molar-refractivity contribution in [2.75, 3.05) is 26.3 Å². The Balaban J connectivity index is 1.60. The smallest absolute Gasteiger partial charge is 0.243 e. The summed E-state index contributed by atoms with van der Waals surface area (Å²) >= 11 is 6.34. The summed E-state index contributed by atoms with van der Waals surface area (Å²) in [6.45, 7) is 5.59. The minimum Gasteiger partial charge on any atom is -0.489 e. The van der Waals surface area contributed by atoms with Gasteiger partial charge in [0.2, 0.25) is 10.0 Å². The van der Waals surface area contributed by atoms with E-state index in [1.165, 1.54) is 21.3 Å². The van der Waals surface area contributed by atoms with E-state index >= 15 is 0 Å². The van der Waals surface area contributed by atoms with Gasteiger partial charge >= 0.3 is 0 Å². The van der Waals surface area contributed by atoms with Crippen molar-refractivity contribution in [3.63, 3.8) is 0 Å². The van der Waals surface area contributed by atoms with Crippen molar-refractivity contribution < 1.29 is 22.7 Å². The van der Waals surface area contributed by atoms with Crippen molar-refractivity contribution in [2.45, 2.75) is 31.8 Å². The molecule has 0 saturated carbocycles. The van der Waals surface area contributed by atoms with Gasteiger partial charge in [-0.05, 0) is 41.1 Å². The van der Waals surface area contributed by atoms with E-state index in [9.17, 15) is 8.42 Å². The third-order valence-electron chi connectivity index (χ3n) is 4.95. The molecule has 0 bridgehead atoms. The van der Waals surface area contributed by atoms with E-state index in [1.54, 1.807) is 26.0 Å². The lowest BCUT2D eigenvalue weighted by Gasteiger charge is -2.18. The summed E-state index contributed by atoms with van der Waals surface area (Å²) in [6.07, 6.45) is 0.778. The number of nitrogens with zero attached hydrogens (tertiary/aromatic N) is 4. The fourth-order valence-corrected chi connectivity index (χ4v) is 5.12. The molecule has 166 valence electrons. The van der Waals surface area contributed by atoms with E-state index in [0.29, 0.717) is 53.9 Å². The van der Waals surface area contributed by atoms with Gasteiger partial charge in [-0.3, -0.25) is 0 Å². The maximum atomic E-state index is 12.8. The van der Waals surface area contributed by atoms with Crippen LogP contribution in [0.3, 0.4) is 0 Å². The lowest BCUT2D eigenvalue weighted by Crippen LogP contribution is -2.30. The highest BCUT2D eigenvalue weighted by atomic mass is 35.5. The van der Waals surface area contributed by atoms with E-state index in [-0.39, 0.29) is 11.5 Å². The Labute approximate surface area is 185 Å². The Morgan fingerprint density at radius 2 is 1.94 bits per heavy atom. The standard InChI is InChI=1S/C20H23ClN4O5S/c1-3-24(4-2)31(26,27)15-6-7-17-18(12-15)25(23-22-17)30-13-14-10-16(21)20-19(11-14)28-8-5-9-29-20/h6-7,10-12H,3-5,8-9,13H2,1-2H3. The van der Waals surface area contributed by atoms with Gasteiger partial charge in [-0.25, -0.2) is 8.42 Å². The number of halogens is 1. The summed E-state index contributed by atoms with van der Waals surface area (Å²) in [6, 6.07) is 8.21. The number of rotatable bonds is 7. The predicted octanol–water partition coefficient (Wildman–Crippen LogP) is 2.91. The highest BCUT2D eigenvalue weighted by Crippen LogP contribution is 2.38. The summed E-state index contributed by atoms with van der Waals surface area (Å²) in [5.74, 6) is 1.10. The summed E-state index contributed by atoms with van der Waals surface area (Å²) in [4.78, 5) is 7.16. The summed E-state index contributed by atoms with van der Waals surface area (Å²) < 4.78 is 38.4. The molecule has 0 atom stereocenters. The molecule has 31 heavy (non-hydrogen) atoms. The number of sulfonamides is 1. The van der Waals surface area contributed by atoms with Crippen molar-refractivity contribution in [3.05, 3.63) is 40.9 Å². The zero-order chi connectivity index (χ0) is 22.0. The minimum atomic E-state index is -3.61. The summed E-state index contributed by atoms with van der Waals surface area (Å²) in [7, 11) is -3.61. The molecule has 11 heteroatoms. The van der Waals surface area contributed by atoms with Crippen LogP contribution in [0.5, 0.6) is 11.5 Å². The molecule has 0 N–H and O–H groups in total. The Hall–Kier alpha value is -2.56. The van der Waals surface area contributed by atoms with Crippen molar-refractivity contribution >= 4 is 32.7 Å². The maximum Gasteiger partial charge on any atom is 0.243 e. The van der Waals surface area contributed by atoms with Crippen LogP contribution in [0.15, 0.2) is 35.2 Å². The van der Waals surface area contributed by atoms with Crippen molar-refractivity contribution in [3.8, 4) is 11.5 Å². The van der Waals surface area contributed by atoms with Crippen LogP contribution in [-0.2, 0) is 16.6 Å². The quantitative estimate of drug-likeness (QED) is 0.528. The molecule has 0 aliphatic carbocycles. The molecule has 3 aromatic rings. The van der Waals surface area contributed by atoms with E-state index < -0.39 is 10.0 Å². The zero-order valence-electron chi connectivity index (χ0n) is 17.2. The van der Waals surface area contributed by atoms with Gasteiger partial charge < -0.3 is 14.3 Å². The van der Waals surface area contributed by atoms with Crippen LogP contribution in [0, 0.1) is 0 Å². The van der Waals surface area contributed by atoms with Crippen molar-refractivity contribution in [1.29, 1.82) is 0 Å². The first-order valence-electron chi connectivity index (χ1n) is 10.0. The first-order chi connectivity index (χ1) is 14.9. The topological polar surface area (TPSA) is 95.8 Å². The van der Waals surface area contributed by atoms with E-state index in [1.807, 2.05) is 6.07 Å². The fourth-order valence-electron chi connectivity index (χ4n) is 3.35. The lowest BCUT2D eigenvalue weighted by atomic mass is 10.2. The number of benzene rings is 2. The van der Waals surface area contributed by atoms with Gasteiger partial charge in [0, 0.05) is 19.5 Å². The van der Waals surface area contributed by atoms with E-state index in [4.69, 9.17) is 25.9 Å². The SMILES string of the molecule is CCN(CC)S(=O)(=O)c1ccc2nnn(OCc3cc(Cl)c4c(c3)OCCCO4)c2c1. The maximum absolute atomic E-state index is 12.8. The average molecular weight is 467 g/mol. The molecule has 0 fully saturated rings. The molecule has 0 spiro atoms. The molecule has 2 aromatic carbocycles. The second kappa shape index (κ2) is 8.89. The van der Waals surface area contributed by atoms with Crippen LogP contribution in [0.2, 0.25) is 5.02 Å². The molecule has 0 amide bonds. The van der Waals surface area contributed by atoms with E-state index in [2.05, 4.69) is 10.3 Å². The molecule has 2 heterocycles. The van der Waals surface area contributed by atoms with Crippen molar-refractivity contribution in [1.82, 2.24) is 19.5 Å². The Morgan fingerprint density at radius 3 is 2.71 bits per heavy atom. The van der Waals surface area contributed by atoms with Crippen LogP contribution < -0.4 is 14.3 Å². The molecular weight excluding hydrogens is 444 g/mol. The molecule has 4 rings (SSSR count). The highest BCUT2D eigenvalue weighted by molar-refractivity contribution is 7.89. The number of fused-ring (bicyclic) bond motifs is 2. The average Bonchev–Trinajstić information content (AvgIpc) is 3.00. The number of hydrogen-bond donors (Lipinski definition) is 0. The van der Waals surface area contributed by atoms with Crippen LogP contribution in [-0.4, -0.2) is 54.2 Å². The molecule has 0 unspecified atom stereocenters. The number of aromatic nitrogens is 3.